The molecule has 0 saturated heterocycles. The lowest BCUT2D eigenvalue weighted by atomic mass is 9.93. The van der Waals surface area contributed by atoms with Gasteiger partial charge in [0.05, 0.1) is 0 Å². The second-order valence-corrected chi connectivity index (χ2v) is 14.7. The number of nitrogens with one attached hydrogen (secondary N) is 2. The zero-order valence-corrected chi connectivity index (χ0v) is 34.5. The summed E-state index contributed by atoms with van der Waals surface area (Å²) in [5.74, 6) is 2.17. The highest BCUT2D eigenvalue weighted by atomic mass is 32.1. The number of ether oxygens (including phenoxy) is 4. The fourth-order valence-electron chi connectivity index (χ4n) is 5.95. The lowest BCUT2D eigenvalue weighted by Crippen LogP contribution is -2.25. The smallest absolute Gasteiger partial charge is 0.264 e. The van der Waals surface area contributed by atoms with Crippen molar-refractivity contribution in [2.24, 2.45) is 0 Å². The van der Waals surface area contributed by atoms with Crippen molar-refractivity contribution in [3.8, 4) is 45.3 Å². The number of thiocarbonyl (C=S) groups is 4. The van der Waals surface area contributed by atoms with Crippen LogP contribution in [0.2, 0.25) is 0 Å². The van der Waals surface area contributed by atoms with Gasteiger partial charge in [0.2, 0.25) is 0 Å². The summed E-state index contributed by atoms with van der Waals surface area (Å²) in [6.45, 7) is 4.12. The summed E-state index contributed by atoms with van der Waals surface area (Å²) in [5, 5.41) is 12.7. The van der Waals surface area contributed by atoms with Crippen molar-refractivity contribution in [3.63, 3.8) is 0 Å². The maximum atomic E-state index is 6.46. The third-order valence-corrected chi connectivity index (χ3v) is 10.2. The maximum Gasteiger partial charge on any atom is 0.264 e. The van der Waals surface area contributed by atoms with Crippen molar-refractivity contribution in [2.75, 3.05) is 42.3 Å². The molecule has 0 saturated carbocycles. The Hall–Kier alpha value is -5.14. The summed E-state index contributed by atoms with van der Waals surface area (Å²) in [6, 6.07) is 28.7. The van der Waals surface area contributed by atoms with Crippen LogP contribution < -0.4 is 29.6 Å². The second-order valence-electron chi connectivity index (χ2n) is 13.2. The molecule has 0 fully saturated rings. The predicted molar refractivity (Wildman–Crippen MR) is 238 cm³/mol. The van der Waals surface area contributed by atoms with E-state index in [1.54, 1.807) is 23.9 Å². The Balaban J connectivity index is 1.66. The fraction of sp³-hybridized carbons (Fsp3) is 0.190. The van der Waals surface area contributed by atoms with Crippen LogP contribution in [0.25, 0.3) is 54.6 Å². The van der Waals surface area contributed by atoms with E-state index in [4.69, 9.17) is 67.8 Å². The summed E-state index contributed by atoms with van der Waals surface area (Å²) < 4.78 is 25.4. The summed E-state index contributed by atoms with van der Waals surface area (Å²) in [6.07, 6.45) is 0. The average Bonchev–Trinajstić information content (AvgIpc) is 3.13. The zero-order valence-electron chi connectivity index (χ0n) is 31.2. The van der Waals surface area contributed by atoms with Crippen LogP contribution in [0.4, 0.5) is 0 Å². The number of hydrogen-bond donors (Lipinski definition) is 2. The molecule has 12 heteroatoms. The van der Waals surface area contributed by atoms with E-state index in [1.165, 1.54) is 0 Å². The highest BCUT2D eigenvalue weighted by molar-refractivity contribution is 7.80. The molecule has 0 unspecified atom stereocenters. The molecule has 0 amide bonds. The fourth-order valence-corrected chi connectivity index (χ4v) is 6.31. The van der Waals surface area contributed by atoms with E-state index in [1.807, 2.05) is 64.6 Å². The minimum absolute atomic E-state index is 0.205. The molecular formula is C42H40N4O4S4. The predicted octanol–water partition coefficient (Wildman–Crippen LogP) is 9.31. The Labute approximate surface area is 336 Å². The molecule has 0 aliphatic carbocycles. The topological polar surface area (TPSA) is 67.5 Å². The van der Waals surface area contributed by atoms with Crippen LogP contribution in [0.5, 0.6) is 23.0 Å². The maximum absolute atomic E-state index is 6.46. The third-order valence-electron chi connectivity index (χ3n) is 8.74. The molecule has 6 aromatic rings. The molecule has 0 aliphatic rings. The van der Waals surface area contributed by atoms with E-state index in [0.717, 1.165) is 65.7 Å². The second kappa shape index (κ2) is 16.1. The Bertz CT molecular complexity index is 2500. The van der Waals surface area contributed by atoms with Gasteiger partial charge in [0.15, 0.2) is 0 Å². The molecular weight excluding hydrogens is 753 g/mol. The van der Waals surface area contributed by atoms with E-state index >= 15 is 0 Å². The number of nitrogens with zero attached hydrogens (tertiary/aromatic N) is 2. The van der Waals surface area contributed by atoms with E-state index in [-0.39, 0.29) is 15.5 Å². The number of benzene rings is 6. The standard InChI is InChI=1S/C42H40N4O4S4/c1-23-9-11-25-15-31(35(19-27(25)13-23)47-39(51)43-3)34-18-29-21-36(48-40(52)44-4)33(17-30(29)22-38(34)50-42(54)46(7)8)32-16-26-12-10-24(2)14-28(26)20-37(32)49-41(53)45(5)6/h9-22H,1-8H3,(H,43,51)(H,44,52). The first-order valence-corrected chi connectivity index (χ1v) is 18.7. The SMILES string of the molecule is CNC(=S)Oc1cc2cc(C)ccc2cc1-c1cc2cc(OC(=S)NC)c(-c3cc4ccc(C)cc4cc3OC(=S)N(C)C)cc2cc1OC(=S)N(C)C. The summed E-state index contributed by atoms with van der Waals surface area (Å²) in [7, 11) is 10.8. The molecule has 0 aromatic heterocycles. The van der Waals surface area contributed by atoms with E-state index < -0.39 is 0 Å². The number of hydrogen-bond acceptors (Lipinski definition) is 8. The Kier molecular flexibility index (Phi) is 11.5. The molecule has 0 bridgehead atoms. The zero-order chi connectivity index (χ0) is 38.8. The van der Waals surface area contributed by atoms with E-state index in [9.17, 15) is 0 Å². The molecule has 0 heterocycles. The van der Waals surface area contributed by atoms with E-state index in [2.05, 4.69) is 73.0 Å². The van der Waals surface area contributed by atoms with Gasteiger partial charge in [-0.2, -0.15) is 0 Å². The van der Waals surface area contributed by atoms with Crippen LogP contribution in [-0.2, 0) is 0 Å². The highest BCUT2D eigenvalue weighted by Gasteiger charge is 2.22. The molecule has 0 atom stereocenters. The normalized spacial score (nSPS) is 10.9. The minimum Gasteiger partial charge on any atom is -0.431 e. The molecule has 0 radical (unpaired) electrons. The van der Waals surface area contributed by atoms with Crippen molar-refractivity contribution in [1.29, 1.82) is 0 Å². The van der Waals surface area contributed by atoms with Crippen molar-refractivity contribution in [3.05, 3.63) is 96.1 Å². The van der Waals surface area contributed by atoms with Gasteiger partial charge in [0, 0.05) is 64.5 Å². The Morgan fingerprint density at radius 3 is 1.04 bits per heavy atom. The van der Waals surface area contributed by atoms with Crippen molar-refractivity contribution in [1.82, 2.24) is 20.4 Å². The summed E-state index contributed by atoms with van der Waals surface area (Å²) in [5.41, 5.74) is 5.26. The van der Waals surface area contributed by atoms with Gasteiger partial charge in [0.1, 0.15) is 23.0 Å². The number of aryl methyl sites for hydroxylation is 2. The van der Waals surface area contributed by atoms with Gasteiger partial charge in [-0.1, -0.05) is 47.5 Å². The first-order valence-electron chi connectivity index (χ1n) is 17.0. The van der Waals surface area contributed by atoms with Crippen LogP contribution in [0.3, 0.4) is 0 Å². The Morgan fingerprint density at radius 2 is 0.722 bits per heavy atom. The van der Waals surface area contributed by atoms with Gasteiger partial charge < -0.3 is 39.4 Å². The van der Waals surface area contributed by atoms with Gasteiger partial charge in [-0.3, -0.25) is 0 Å². The molecule has 54 heavy (non-hydrogen) atoms. The van der Waals surface area contributed by atoms with Gasteiger partial charge in [0.25, 0.3) is 20.7 Å². The first kappa shape index (κ1) is 38.6. The lowest BCUT2D eigenvalue weighted by molar-refractivity contribution is 0.450. The number of fused-ring (bicyclic) bond motifs is 3. The van der Waals surface area contributed by atoms with Crippen LogP contribution in [-0.4, -0.2) is 72.8 Å². The molecule has 6 aromatic carbocycles. The quantitative estimate of drug-likeness (QED) is 0.158. The highest BCUT2D eigenvalue weighted by Crippen LogP contribution is 2.46. The van der Waals surface area contributed by atoms with Crippen molar-refractivity contribution >= 4 is 102 Å². The average molecular weight is 793 g/mol. The van der Waals surface area contributed by atoms with Gasteiger partial charge in [-0.05, 0) is 144 Å². The largest absolute Gasteiger partial charge is 0.431 e. The van der Waals surface area contributed by atoms with Gasteiger partial charge in [-0.25, -0.2) is 0 Å². The summed E-state index contributed by atoms with van der Waals surface area (Å²) >= 11 is 22.3. The van der Waals surface area contributed by atoms with Crippen molar-refractivity contribution < 1.29 is 18.9 Å². The molecule has 6 rings (SSSR count). The summed E-state index contributed by atoms with van der Waals surface area (Å²) in [4.78, 5) is 3.50. The Morgan fingerprint density at radius 1 is 0.426 bits per heavy atom. The molecule has 0 spiro atoms. The molecule has 8 nitrogen and oxygen atoms in total. The van der Waals surface area contributed by atoms with Crippen LogP contribution in [0.1, 0.15) is 11.1 Å². The molecule has 2 N–H and O–H groups in total. The number of rotatable bonds is 6. The van der Waals surface area contributed by atoms with Crippen LogP contribution in [0, 0.1) is 13.8 Å². The van der Waals surface area contributed by atoms with Crippen LogP contribution in [0.15, 0.2) is 84.9 Å². The molecule has 276 valence electrons. The monoisotopic (exact) mass is 792 g/mol. The van der Waals surface area contributed by atoms with Crippen LogP contribution >= 0.6 is 48.9 Å². The minimum atomic E-state index is 0.205. The lowest BCUT2D eigenvalue weighted by Gasteiger charge is -2.21. The van der Waals surface area contributed by atoms with Crippen molar-refractivity contribution in [2.45, 2.75) is 13.8 Å². The molecule has 0 aliphatic heterocycles. The third kappa shape index (κ3) is 8.32. The first-order chi connectivity index (χ1) is 25.7. The van der Waals surface area contributed by atoms with E-state index in [0.29, 0.717) is 28.2 Å². The van der Waals surface area contributed by atoms with Gasteiger partial charge >= 0.3 is 0 Å². The van der Waals surface area contributed by atoms with Gasteiger partial charge in [-0.15, -0.1) is 0 Å².